The first-order valence-corrected chi connectivity index (χ1v) is 7.65. The summed E-state index contributed by atoms with van der Waals surface area (Å²) in [7, 11) is 3.80. The van der Waals surface area contributed by atoms with Crippen LogP contribution in [-0.2, 0) is 12.8 Å². The molecule has 4 nitrogen and oxygen atoms in total. The maximum absolute atomic E-state index is 4.11. The van der Waals surface area contributed by atoms with Gasteiger partial charge in [0.2, 0.25) is 0 Å². The van der Waals surface area contributed by atoms with Gasteiger partial charge in [-0.15, -0.1) is 0 Å². The van der Waals surface area contributed by atoms with Crippen molar-refractivity contribution < 1.29 is 0 Å². The summed E-state index contributed by atoms with van der Waals surface area (Å²) >= 11 is 0. The molecule has 2 aromatic heterocycles. The summed E-state index contributed by atoms with van der Waals surface area (Å²) < 4.78 is 0. The molecule has 0 fully saturated rings. The molecular weight excluding hydrogens is 240 g/mol. The van der Waals surface area contributed by atoms with E-state index in [1.165, 1.54) is 0 Å². The topological polar surface area (TPSA) is 57.4 Å². The van der Waals surface area contributed by atoms with Crippen molar-refractivity contribution in [3.05, 3.63) is 35.9 Å². The molecule has 86 valence electrons. The Balaban J connectivity index is 1.49. The number of nitrogens with one attached hydrogen (secondary N) is 2. The first-order valence-electron chi connectivity index (χ1n) is 5.17. The molecule has 0 spiro atoms. The molecule has 0 aromatic carbocycles. The third-order valence-electron chi connectivity index (χ3n) is 2.08. The Morgan fingerprint density at radius 2 is 1.38 bits per heavy atom. The average Bonchev–Trinajstić information content (AvgIpc) is 2.96. The van der Waals surface area contributed by atoms with E-state index in [0.717, 1.165) is 35.7 Å². The van der Waals surface area contributed by atoms with Gasteiger partial charge in [-0.2, -0.15) is 10.2 Å². The Morgan fingerprint density at radius 1 is 0.875 bits per heavy atom. The average molecular weight is 254 g/mol. The molecule has 0 saturated carbocycles. The second-order valence-corrected chi connectivity index (χ2v) is 5.98. The van der Waals surface area contributed by atoms with Crippen LogP contribution in [0.25, 0.3) is 0 Å². The van der Waals surface area contributed by atoms with Crippen LogP contribution in [0.1, 0.15) is 11.4 Å². The van der Waals surface area contributed by atoms with Crippen LogP contribution in [0.3, 0.4) is 0 Å². The fourth-order valence-electron chi connectivity index (χ4n) is 1.27. The molecule has 0 aliphatic rings. The van der Waals surface area contributed by atoms with E-state index in [1.54, 1.807) is 0 Å². The number of aryl methyl sites for hydroxylation is 2. The lowest BCUT2D eigenvalue weighted by atomic mass is 10.3. The highest BCUT2D eigenvalue weighted by atomic mass is 33.1. The number of nitrogens with zero attached hydrogens (tertiary/aromatic N) is 2. The summed E-state index contributed by atoms with van der Waals surface area (Å²) in [6, 6.07) is 4.05. The molecule has 0 atom stereocenters. The fourth-order valence-corrected chi connectivity index (χ4v) is 3.30. The lowest BCUT2D eigenvalue weighted by molar-refractivity contribution is 0.980. The van der Waals surface area contributed by atoms with Crippen molar-refractivity contribution in [3.63, 3.8) is 0 Å². The van der Waals surface area contributed by atoms with Crippen molar-refractivity contribution in [1.29, 1.82) is 0 Å². The van der Waals surface area contributed by atoms with Gasteiger partial charge in [-0.1, -0.05) is 21.6 Å². The molecule has 0 aliphatic carbocycles. The lowest BCUT2D eigenvalue weighted by Crippen LogP contribution is -1.90. The Bertz CT molecular complexity index is 333. The zero-order chi connectivity index (χ0) is 11.1. The van der Waals surface area contributed by atoms with E-state index in [9.17, 15) is 0 Å². The summed E-state index contributed by atoms with van der Waals surface area (Å²) in [6.07, 6.45) is 5.79. The van der Waals surface area contributed by atoms with Crippen molar-refractivity contribution in [3.8, 4) is 0 Å². The van der Waals surface area contributed by atoms with E-state index >= 15 is 0 Å². The minimum Gasteiger partial charge on any atom is -0.285 e. The van der Waals surface area contributed by atoms with Crippen molar-refractivity contribution in [1.82, 2.24) is 20.4 Å². The van der Waals surface area contributed by atoms with Gasteiger partial charge in [0.05, 0.1) is 11.4 Å². The monoisotopic (exact) mass is 254 g/mol. The van der Waals surface area contributed by atoms with Crippen LogP contribution in [0.4, 0.5) is 0 Å². The van der Waals surface area contributed by atoms with Crippen LogP contribution in [0.15, 0.2) is 24.5 Å². The van der Waals surface area contributed by atoms with Crippen molar-refractivity contribution in [2.24, 2.45) is 0 Å². The molecule has 6 heteroatoms. The molecule has 2 aromatic rings. The summed E-state index contributed by atoms with van der Waals surface area (Å²) in [5.41, 5.74) is 2.28. The van der Waals surface area contributed by atoms with Crippen LogP contribution in [0, 0.1) is 0 Å². The Kier molecular flexibility index (Phi) is 4.82. The van der Waals surface area contributed by atoms with Gasteiger partial charge in [-0.3, -0.25) is 10.2 Å². The number of aromatic nitrogens is 4. The largest absolute Gasteiger partial charge is 0.285 e. The Labute approximate surface area is 102 Å². The second-order valence-electron chi connectivity index (χ2n) is 3.28. The lowest BCUT2D eigenvalue weighted by Gasteiger charge is -1.98. The van der Waals surface area contributed by atoms with Crippen LogP contribution < -0.4 is 0 Å². The van der Waals surface area contributed by atoms with Gasteiger partial charge in [0, 0.05) is 36.7 Å². The molecule has 0 aliphatic heterocycles. The number of hydrogen-bond acceptors (Lipinski definition) is 4. The molecular formula is C10H14N4S2. The molecule has 0 bridgehead atoms. The summed E-state index contributed by atoms with van der Waals surface area (Å²) in [4.78, 5) is 0. The molecule has 0 unspecified atom stereocenters. The molecule has 2 heterocycles. The number of aromatic amines is 2. The zero-order valence-corrected chi connectivity index (χ0v) is 10.5. The molecule has 2 rings (SSSR count). The van der Waals surface area contributed by atoms with Crippen LogP contribution in [0.2, 0.25) is 0 Å². The summed E-state index contributed by atoms with van der Waals surface area (Å²) in [6.45, 7) is 0. The molecule has 0 radical (unpaired) electrons. The molecule has 0 amide bonds. The predicted molar refractivity (Wildman–Crippen MR) is 69.5 cm³/mol. The van der Waals surface area contributed by atoms with E-state index in [-0.39, 0.29) is 0 Å². The normalized spacial score (nSPS) is 10.8. The smallest absolute Gasteiger partial charge is 0.0630 e. The maximum atomic E-state index is 4.11. The van der Waals surface area contributed by atoms with E-state index in [0.29, 0.717) is 0 Å². The van der Waals surface area contributed by atoms with Gasteiger partial charge in [0.1, 0.15) is 0 Å². The van der Waals surface area contributed by atoms with E-state index in [2.05, 4.69) is 20.4 Å². The first kappa shape index (κ1) is 11.6. The summed E-state index contributed by atoms with van der Waals surface area (Å²) in [5, 5.41) is 13.9. The molecule has 0 saturated heterocycles. The van der Waals surface area contributed by atoms with E-state index in [1.807, 2.05) is 46.1 Å². The van der Waals surface area contributed by atoms with Gasteiger partial charge in [0.15, 0.2) is 0 Å². The summed E-state index contributed by atoms with van der Waals surface area (Å²) in [5.74, 6) is 2.21. The highest BCUT2D eigenvalue weighted by Gasteiger charge is 1.97. The zero-order valence-electron chi connectivity index (χ0n) is 8.85. The second kappa shape index (κ2) is 6.65. The third-order valence-corrected chi connectivity index (χ3v) is 4.49. The van der Waals surface area contributed by atoms with Crippen LogP contribution in [-0.4, -0.2) is 31.9 Å². The number of hydrogen-bond donors (Lipinski definition) is 2. The van der Waals surface area contributed by atoms with Crippen molar-refractivity contribution in [2.75, 3.05) is 11.5 Å². The van der Waals surface area contributed by atoms with Gasteiger partial charge in [-0.25, -0.2) is 0 Å². The molecule has 16 heavy (non-hydrogen) atoms. The maximum Gasteiger partial charge on any atom is 0.0630 e. The van der Waals surface area contributed by atoms with Crippen molar-refractivity contribution in [2.45, 2.75) is 12.8 Å². The minimum atomic E-state index is 1.03. The highest BCUT2D eigenvalue weighted by Crippen LogP contribution is 2.22. The van der Waals surface area contributed by atoms with E-state index < -0.39 is 0 Å². The van der Waals surface area contributed by atoms with Gasteiger partial charge in [0.25, 0.3) is 0 Å². The Hall–Kier alpha value is -0.880. The van der Waals surface area contributed by atoms with Crippen molar-refractivity contribution >= 4 is 21.6 Å². The van der Waals surface area contributed by atoms with E-state index in [4.69, 9.17) is 0 Å². The minimum absolute atomic E-state index is 1.03. The SMILES string of the molecule is c1cc(CCSSCCc2cc[nH]n2)n[nH]1. The van der Waals surface area contributed by atoms with Gasteiger partial charge < -0.3 is 0 Å². The van der Waals surface area contributed by atoms with Crippen LogP contribution >= 0.6 is 21.6 Å². The fraction of sp³-hybridized carbons (Fsp3) is 0.400. The first-order chi connectivity index (χ1) is 7.95. The van der Waals surface area contributed by atoms with Gasteiger partial charge in [-0.05, 0) is 12.1 Å². The predicted octanol–water partition coefficient (Wildman–Crippen LogP) is 2.30. The highest BCUT2D eigenvalue weighted by molar-refractivity contribution is 8.76. The quantitative estimate of drug-likeness (QED) is 0.588. The third kappa shape index (κ3) is 3.94. The standard InChI is InChI=1S/C10H14N4S2/c1-5-11-13-9(1)3-7-15-16-8-4-10-2-6-12-14-10/h1-2,5-6H,3-4,7-8H2,(H,11,13)(H,12,14). The molecule has 2 N–H and O–H groups in total. The number of H-pyrrole nitrogens is 2. The van der Waals surface area contributed by atoms with Crippen LogP contribution in [0.5, 0.6) is 0 Å². The van der Waals surface area contributed by atoms with Gasteiger partial charge >= 0.3 is 0 Å². The number of rotatable bonds is 7. The Morgan fingerprint density at radius 3 is 1.75 bits per heavy atom.